The summed E-state index contributed by atoms with van der Waals surface area (Å²) in [6, 6.07) is 9.40. The molecule has 0 saturated carbocycles. The van der Waals surface area contributed by atoms with Crippen molar-refractivity contribution < 1.29 is 4.70 Å². The number of aryl methyl sites for hydroxylation is 4. The quantitative estimate of drug-likeness (QED) is 0.0361. The van der Waals surface area contributed by atoms with Gasteiger partial charge in [0.25, 0.3) is 0 Å². The van der Waals surface area contributed by atoms with Crippen LogP contribution in [0.3, 0.4) is 0 Å². The SMILES string of the molecule is CC#Cc1c(CCC)cc(C2=C(C=CCCCCCCCCCCCCCCCCCCCCCCCCCCCC)C(CCCC)=C(c3cc(CCC)c(C#CC)c(CCC)c3)[N+]2=[N-])cc1CCC. The molecule has 0 fully saturated rings. The summed E-state index contributed by atoms with van der Waals surface area (Å²) >= 11 is 0. The number of allylic oxidation sites excluding steroid dienone is 4. The molecule has 1 aliphatic heterocycles. The van der Waals surface area contributed by atoms with Crippen molar-refractivity contribution in [2.75, 3.05) is 0 Å². The minimum Gasteiger partial charge on any atom is -0.493 e. The molecule has 70 heavy (non-hydrogen) atoms. The second-order valence-corrected chi connectivity index (χ2v) is 21.1. The van der Waals surface area contributed by atoms with Gasteiger partial charge in [0.15, 0.2) is 0 Å². The highest BCUT2D eigenvalue weighted by atomic mass is 15.2. The van der Waals surface area contributed by atoms with E-state index in [2.05, 4.69) is 102 Å². The summed E-state index contributed by atoms with van der Waals surface area (Å²) in [7, 11) is 0. The number of hydrogen-bond donors (Lipinski definition) is 0. The van der Waals surface area contributed by atoms with Crippen LogP contribution in [-0.2, 0) is 25.7 Å². The third-order valence-corrected chi connectivity index (χ3v) is 14.8. The molecule has 388 valence electrons. The molecule has 3 rings (SSSR count). The highest BCUT2D eigenvalue weighted by molar-refractivity contribution is 5.85. The van der Waals surface area contributed by atoms with Crippen molar-refractivity contribution in [3.8, 4) is 23.7 Å². The van der Waals surface area contributed by atoms with Gasteiger partial charge in [-0.15, -0.1) is 11.8 Å². The lowest BCUT2D eigenvalue weighted by Crippen LogP contribution is -2.07. The van der Waals surface area contributed by atoms with Crippen LogP contribution in [0, 0.1) is 23.7 Å². The van der Waals surface area contributed by atoms with Crippen LogP contribution in [0.4, 0.5) is 0 Å². The van der Waals surface area contributed by atoms with Crippen molar-refractivity contribution in [3.05, 3.63) is 97.6 Å². The van der Waals surface area contributed by atoms with Crippen LogP contribution >= 0.6 is 0 Å². The Balaban J connectivity index is 1.59. The molecule has 1 heterocycles. The lowest BCUT2D eigenvalue weighted by atomic mass is 9.89. The molecule has 0 saturated heterocycles. The van der Waals surface area contributed by atoms with Gasteiger partial charge in [-0.1, -0.05) is 258 Å². The second-order valence-electron chi connectivity index (χ2n) is 21.1. The van der Waals surface area contributed by atoms with Gasteiger partial charge in [0.2, 0.25) is 11.4 Å². The zero-order chi connectivity index (χ0) is 50.4. The molecule has 0 unspecified atom stereocenters. The van der Waals surface area contributed by atoms with E-state index in [1.54, 1.807) is 4.70 Å². The Labute approximate surface area is 434 Å². The normalized spacial score (nSPS) is 12.7. The van der Waals surface area contributed by atoms with E-state index in [1.165, 1.54) is 211 Å². The van der Waals surface area contributed by atoms with E-state index in [1.807, 2.05) is 13.8 Å². The fourth-order valence-electron chi connectivity index (χ4n) is 11.0. The Morgan fingerprint density at radius 1 is 0.386 bits per heavy atom. The van der Waals surface area contributed by atoms with Gasteiger partial charge in [-0.2, -0.15) is 0 Å². The molecule has 0 spiro atoms. The molecule has 0 aliphatic carbocycles. The molecular weight excluding hydrogens is 845 g/mol. The van der Waals surface area contributed by atoms with Crippen molar-refractivity contribution in [3.63, 3.8) is 0 Å². The monoisotopic (exact) mass is 951 g/mol. The number of rotatable bonds is 41. The van der Waals surface area contributed by atoms with Gasteiger partial charge in [0.05, 0.1) is 5.57 Å². The van der Waals surface area contributed by atoms with E-state index in [0.717, 1.165) is 99.6 Å². The van der Waals surface area contributed by atoms with Gasteiger partial charge in [0, 0.05) is 27.8 Å². The van der Waals surface area contributed by atoms with Crippen molar-refractivity contribution in [2.45, 2.75) is 299 Å². The maximum atomic E-state index is 12.8. The first-order chi connectivity index (χ1) is 34.4. The summed E-state index contributed by atoms with van der Waals surface area (Å²) in [5.74, 6) is 13.4. The summed E-state index contributed by atoms with van der Waals surface area (Å²) in [4.78, 5) is 0. The van der Waals surface area contributed by atoms with E-state index in [9.17, 15) is 5.53 Å². The maximum absolute atomic E-state index is 12.8. The van der Waals surface area contributed by atoms with Gasteiger partial charge in [-0.05, 0) is 112 Å². The van der Waals surface area contributed by atoms with Crippen LogP contribution in [0.2, 0.25) is 0 Å². The van der Waals surface area contributed by atoms with Gasteiger partial charge < -0.3 is 5.53 Å². The first kappa shape index (κ1) is 60.7. The Bertz CT molecular complexity index is 1940. The molecule has 0 atom stereocenters. The van der Waals surface area contributed by atoms with Crippen molar-refractivity contribution in [1.82, 2.24) is 0 Å². The van der Waals surface area contributed by atoms with Gasteiger partial charge in [0.1, 0.15) is 0 Å². The first-order valence-electron chi connectivity index (χ1n) is 30.2. The van der Waals surface area contributed by atoms with Crippen LogP contribution in [0.1, 0.15) is 318 Å². The lowest BCUT2D eigenvalue weighted by Gasteiger charge is -2.17. The average molecular weight is 952 g/mol. The van der Waals surface area contributed by atoms with E-state index in [4.69, 9.17) is 0 Å². The van der Waals surface area contributed by atoms with E-state index >= 15 is 0 Å². The summed E-state index contributed by atoms with van der Waals surface area (Å²) in [5.41, 5.74) is 26.9. The molecule has 2 nitrogen and oxygen atoms in total. The zero-order valence-electron chi connectivity index (χ0n) is 47.2. The standard InChI is InChI=1S/C68H106N2/c1-9-17-19-20-21-22-23-24-25-26-27-28-29-30-31-32-33-34-35-36-37-38-39-40-41-42-43-44-52-66-65(51-18-10-2)67(61-53-57(45-11-3)63(49-15-7)58(54-61)46-12-4)70(69)68(66)62-55-59(47-13-5)64(50-16-8)60(56-62)48-14-6/h44,52-56H,9-14,17-43,45-48,51H2,1-8H3. The van der Waals surface area contributed by atoms with Crippen LogP contribution in [0.5, 0.6) is 0 Å². The molecule has 0 amide bonds. The lowest BCUT2D eigenvalue weighted by molar-refractivity contribution is -0.345. The minimum atomic E-state index is 0.928. The molecule has 1 aliphatic rings. The largest absolute Gasteiger partial charge is 0.493 e. The summed E-state index contributed by atoms with van der Waals surface area (Å²) < 4.78 is 1.59. The topological polar surface area (TPSA) is 25.3 Å². The molecule has 0 radical (unpaired) electrons. The van der Waals surface area contributed by atoms with Crippen molar-refractivity contribution >= 4 is 11.4 Å². The summed E-state index contributed by atoms with van der Waals surface area (Å²) in [5, 5.41) is 0. The highest BCUT2D eigenvalue weighted by Crippen LogP contribution is 2.45. The fourth-order valence-corrected chi connectivity index (χ4v) is 11.0. The van der Waals surface area contributed by atoms with Crippen LogP contribution < -0.4 is 0 Å². The van der Waals surface area contributed by atoms with Crippen molar-refractivity contribution in [1.29, 1.82) is 0 Å². The van der Waals surface area contributed by atoms with E-state index in [0.29, 0.717) is 0 Å². The van der Waals surface area contributed by atoms with Gasteiger partial charge in [-0.25, -0.2) is 4.70 Å². The fraction of sp³-hybridized carbons (Fsp3) is 0.676. The van der Waals surface area contributed by atoms with Crippen LogP contribution in [0.15, 0.2) is 47.6 Å². The van der Waals surface area contributed by atoms with E-state index < -0.39 is 0 Å². The van der Waals surface area contributed by atoms with Gasteiger partial charge in [-0.3, -0.25) is 0 Å². The predicted molar refractivity (Wildman–Crippen MR) is 310 cm³/mol. The second kappa shape index (κ2) is 39.0. The van der Waals surface area contributed by atoms with Crippen molar-refractivity contribution in [2.24, 2.45) is 0 Å². The Hall–Kier alpha value is -3.62. The minimum absolute atomic E-state index is 0.928. The highest BCUT2D eigenvalue weighted by Gasteiger charge is 2.35. The molecule has 0 N–H and O–H groups in total. The number of benzene rings is 2. The Morgan fingerprint density at radius 2 is 0.700 bits per heavy atom. The summed E-state index contributed by atoms with van der Waals surface area (Å²) in [6.07, 6.45) is 54.1. The molecule has 2 aromatic rings. The third kappa shape index (κ3) is 22.0. The first-order valence-corrected chi connectivity index (χ1v) is 30.2. The third-order valence-electron chi connectivity index (χ3n) is 14.8. The van der Waals surface area contributed by atoms with Gasteiger partial charge >= 0.3 is 0 Å². The molecule has 0 bridgehead atoms. The zero-order valence-corrected chi connectivity index (χ0v) is 47.2. The summed E-state index contributed by atoms with van der Waals surface area (Å²) in [6.45, 7) is 17.5. The average Bonchev–Trinajstić information content (AvgIpc) is 3.63. The van der Waals surface area contributed by atoms with E-state index in [-0.39, 0.29) is 0 Å². The molecule has 0 aromatic heterocycles. The van der Waals surface area contributed by atoms with Crippen LogP contribution in [-0.4, -0.2) is 4.70 Å². The van der Waals surface area contributed by atoms with Crippen LogP contribution in [0.25, 0.3) is 16.9 Å². The molecular formula is C68H106N2. The Kier molecular flexibility index (Phi) is 33.8. The Morgan fingerprint density at radius 3 is 1.01 bits per heavy atom. The number of hydrogen-bond acceptors (Lipinski definition) is 0. The number of unbranched alkanes of at least 4 members (excludes halogenated alkanes) is 27. The predicted octanol–water partition coefficient (Wildman–Crippen LogP) is 21.7. The molecule has 2 aromatic carbocycles. The molecule has 2 heteroatoms. The maximum Gasteiger partial charge on any atom is 0.215 e. The number of nitrogens with zero attached hydrogens (tertiary/aromatic N) is 2. The smallest absolute Gasteiger partial charge is 0.215 e.